The van der Waals surface area contributed by atoms with Crippen LogP contribution in [-0.2, 0) is 16.2 Å². The second-order valence-electron chi connectivity index (χ2n) is 5.96. The van der Waals surface area contributed by atoms with E-state index in [0.717, 1.165) is 31.6 Å². The summed E-state index contributed by atoms with van der Waals surface area (Å²) in [6, 6.07) is 7.58. The van der Waals surface area contributed by atoms with Crippen LogP contribution >= 0.6 is 0 Å². The van der Waals surface area contributed by atoms with Crippen molar-refractivity contribution in [3.8, 4) is 0 Å². The quantitative estimate of drug-likeness (QED) is 0.563. The molecule has 1 aliphatic rings. The molecule has 0 unspecified atom stereocenters. The molecule has 0 heterocycles. The molecule has 0 spiro atoms. The van der Waals surface area contributed by atoms with Crippen molar-refractivity contribution in [1.82, 2.24) is 0 Å². The van der Waals surface area contributed by atoms with E-state index in [-0.39, 0.29) is 6.10 Å². The molecular weight excluding hydrogens is 264 g/mol. The summed E-state index contributed by atoms with van der Waals surface area (Å²) in [5.41, 5.74) is 1.80. The molecule has 1 saturated carbocycles. The lowest BCUT2D eigenvalue weighted by molar-refractivity contribution is -0.280. The Labute approximate surface area is 127 Å². The molecular formula is C18H26O3. The van der Waals surface area contributed by atoms with E-state index in [9.17, 15) is 4.79 Å². The number of rotatable bonds is 6. The Kier molecular flexibility index (Phi) is 6.24. The summed E-state index contributed by atoms with van der Waals surface area (Å²) < 4.78 is 0. The fraction of sp³-hybridized carbons (Fsp3) is 0.611. The summed E-state index contributed by atoms with van der Waals surface area (Å²) in [6.07, 6.45) is 7.75. The van der Waals surface area contributed by atoms with Crippen LogP contribution in [0.25, 0.3) is 0 Å². The minimum absolute atomic E-state index is 0.0658. The van der Waals surface area contributed by atoms with Gasteiger partial charge in [-0.15, -0.1) is 0 Å². The van der Waals surface area contributed by atoms with E-state index in [1.54, 1.807) is 0 Å². The molecule has 3 nitrogen and oxygen atoms in total. The Balaban J connectivity index is 1.76. The fourth-order valence-corrected chi connectivity index (χ4v) is 2.89. The van der Waals surface area contributed by atoms with Crippen molar-refractivity contribution in [2.75, 3.05) is 0 Å². The van der Waals surface area contributed by atoms with Crippen LogP contribution in [0.2, 0.25) is 0 Å². The summed E-state index contributed by atoms with van der Waals surface area (Å²) in [5.74, 6) is 0.419. The lowest BCUT2D eigenvalue weighted by Gasteiger charge is -2.26. The van der Waals surface area contributed by atoms with Crippen LogP contribution in [0.4, 0.5) is 0 Å². The molecule has 0 amide bonds. The van der Waals surface area contributed by atoms with Crippen molar-refractivity contribution < 1.29 is 14.6 Å². The SMILES string of the molecule is CCCc1ccc(C(=O)OOC2CCC(CC)CC2)cc1. The average molecular weight is 290 g/mol. The van der Waals surface area contributed by atoms with Crippen molar-refractivity contribution in [3.05, 3.63) is 35.4 Å². The first-order valence-corrected chi connectivity index (χ1v) is 8.19. The molecule has 0 atom stereocenters. The van der Waals surface area contributed by atoms with E-state index in [4.69, 9.17) is 9.78 Å². The van der Waals surface area contributed by atoms with Crippen molar-refractivity contribution in [2.45, 2.75) is 64.9 Å². The van der Waals surface area contributed by atoms with Gasteiger partial charge in [-0.2, -0.15) is 4.89 Å². The van der Waals surface area contributed by atoms with Crippen LogP contribution in [0.1, 0.15) is 68.3 Å². The maximum Gasteiger partial charge on any atom is 0.373 e. The molecule has 0 aliphatic heterocycles. The first kappa shape index (κ1) is 16.0. The first-order valence-electron chi connectivity index (χ1n) is 8.19. The number of hydrogen-bond donors (Lipinski definition) is 0. The third-order valence-corrected chi connectivity index (χ3v) is 4.36. The van der Waals surface area contributed by atoms with Crippen molar-refractivity contribution in [3.63, 3.8) is 0 Å². The molecule has 2 rings (SSSR count). The van der Waals surface area contributed by atoms with E-state index in [1.807, 2.05) is 24.3 Å². The first-order chi connectivity index (χ1) is 10.2. The fourth-order valence-electron chi connectivity index (χ4n) is 2.89. The Morgan fingerprint density at radius 3 is 2.33 bits per heavy atom. The maximum atomic E-state index is 11.9. The molecule has 0 N–H and O–H groups in total. The minimum atomic E-state index is -0.393. The van der Waals surface area contributed by atoms with Crippen LogP contribution < -0.4 is 0 Å². The minimum Gasteiger partial charge on any atom is -0.293 e. The van der Waals surface area contributed by atoms with Gasteiger partial charge in [-0.3, -0.25) is 4.89 Å². The van der Waals surface area contributed by atoms with E-state index < -0.39 is 5.97 Å². The van der Waals surface area contributed by atoms with Gasteiger partial charge in [-0.1, -0.05) is 38.8 Å². The highest BCUT2D eigenvalue weighted by Crippen LogP contribution is 2.28. The second-order valence-corrected chi connectivity index (χ2v) is 5.96. The Morgan fingerprint density at radius 2 is 1.76 bits per heavy atom. The van der Waals surface area contributed by atoms with Crippen LogP contribution in [0.3, 0.4) is 0 Å². The second kappa shape index (κ2) is 8.18. The third kappa shape index (κ3) is 4.85. The topological polar surface area (TPSA) is 35.5 Å². The van der Waals surface area contributed by atoms with Crippen molar-refractivity contribution in [2.24, 2.45) is 5.92 Å². The summed E-state index contributed by atoms with van der Waals surface area (Å²) >= 11 is 0. The lowest BCUT2D eigenvalue weighted by Crippen LogP contribution is -2.23. The molecule has 1 aromatic rings. The molecule has 21 heavy (non-hydrogen) atoms. The molecule has 1 aliphatic carbocycles. The molecule has 1 aromatic carbocycles. The average Bonchev–Trinajstić information content (AvgIpc) is 2.54. The summed E-state index contributed by atoms with van der Waals surface area (Å²) in [4.78, 5) is 22.2. The van der Waals surface area contributed by atoms with Gasteiger partial charge in [0, 0.05) is 0 Å². The van der Waals surface area contributed by atoms with Crippen molar-refractivity contribution in [1.29, 1.82) is 0 Å². The highest BCUT2D eigenvalue weighted by molar-refractivity contribution is 5.88. The maximum absolute atomic E-state index is 11.9. The van der Waals surface area contributed by atoms with Gasteiger partial charge in [0.1, 0.15) is 6.10 Å². The zero-order valence-corrected chi connectivity index (χ0v) is 13.1. The van der Waals surface area contributed by atoms with Gasteiger partial charge in [0.25, 0.3) is 0 Å². The normalized spacial score (nSPS) is 22.0. The molecule has 116 valence electrons. The summed E-state index contributed by atoms with van der Waals surface area (Å²) in [7, 11) is 0. The molecule has 0 aromatic heterocycles. The number of benzene rings is 1. The van der Waals surface area contributed by atoms with Gasteiger partial charge in [-0.25, -0.2) is 4.79 Å². The number of aryl methyl sites for hydroxylation is 1. The van der Waals surface area contributed by atoms with Crippen molar-refractivity contribution >= 4 is 5.97 Å². The summed E-state index contributed by atoms with van der Waals surface area (Å²) in [6.45, 7) is 4.37. The van der Waals surface area contributed by atoms with Gasteiger partial charge in [0.2, 0.25) is 0 Å². The number of hydrogen-bond acceptors (Lipinski definition) is 3. The standard InChI is InChI=1S/C18H26O3/c1-3-5-15-6-10-16(11-7-15)18(19)21-20-17-12-8-14(4-2)9-13-17/h6-7,10-11,14,17H,3-5,8-9,12-13H2,1-2H3. The lowest BCUT2D eigenvalue weighted by atomic mass is 9.86. The Hall–Kier alpha value is -1.35. The van der Waals surface area contributed by atoms with Crippen LogP contribution in [-0.4, -0.2) is 12.1 Å². The predicted molar refractivity (Wildman–Crippen MR) is 83.0 cm³/mol. The van der Waals surface area contributed by atoms with Gasteiger partial charge >= 0.3 is 5.97 Å². The van der Waals surface area contributed by atoms with Crippen LogP contribution in [0.5, 0.6) is 0 Å². The van der Waals surface area contributed by atoms with Gasteiger partial charge in [0.05, 0.1) is 5.56 Å². The van der Waals surface area contributed by atoms with Crippen LogP contribution in [0.15, 0.2) is 24.3 Å². The number of carbonyl (C=O) groups is 1. The smallest absolute Gasteiger partial charge is 0.293 e. The zero-order chi connectivity index (χ0) is 15.1. The van der Waals surface area contributed by atoms with E-state index in [0.29, 0.717) is 5.56 Å². The largest absolute Gasteiger partial charge is 0.373 e. The van der Waals surface area contributed by atoms with Gasteiger partial charge in [-0.05, 0) is 55.7 Å². The highest BCUT2D eigenvalue weighted by Gasteiger charge is 2.22. The third-order valence-electron chi connectivity index (χ3n) is 4.36. The predicted octanol–water partition coefficient (Wildman–Crippen LogP) is 4.70. The molecule has 0 radical (unpaired) electrons. The van der Waals surface area contributed by atoms with Crippen LogP contribution in [0, 0.1) is 5.92 Å². The van der Waals surface area contributed by atoms with Gasteiger partial charge < -0.3 is 0 Å². The molecule has 0 saturated heterocycles. The highest BCUT2D eigenvalue weighted by atomic mass is 17.2. The molecule has 0 bridgehead atoms. The Bertz CT molecular complexity index is 430. The van der Waals surface area contributed by atoms with Gasteiger partial charge in [0.15, 0.2) is 0 Å². The molecule has 1 fully saturated rings. The van der Waals surface area contributed by atoms with E-state index in [2.05, 4.69) is 13.8 Å². The summed E-state index contributed by atoms with van der Waals surface area (Å²) in [5, 5.41) is 0. The monoisotopic (exact) mass is 290 g/mol. The zero-order valence-electron chi connectivity index (χ0n) is 13.1. The van der Waals surface area contributed by atoms with E-state index in [1.165, 1.54) is 24.8 Å². The Morgan fingerprint density at radius 1 is 1.10 bits per heavy atom. The van der Waals surface area contributed by atoms with E-state index >= 15 is 0 Å². The number of carbonyl (C=O) groups excluding carboxylic acids is 1. The molecule has 3 heteroatoms.